The van der Waals surface area contributed by atoms with Gasteiger partial charge in [0.1, 0.15) is 0 Å². The molecular weight excluding hydrogens is 330 g/mol. The number of hydrogen-bond acceptors (Lipinski definition) is 3. The standard InChI is InChI=1S/C21H23NO2S/c1-15-8-9-16-6-5-7-17(20(16)22-15)14-25(23,24)19-12-10-18(11-13-19)21(2,3)4/h5-13H,14H2,1-4H3. The first-order valence-corrected chi connectivity index (χ1v) is 10.0. The average Bonchev–Trinajstić information content (AvgIpc) is 2.54. The van der Waals surface area contributed by atoms with E-state index < -0.39 is 9.84 Å². The number of benzene rings is 2. The summed E-state index contributed by atoms with van der Waals surface area (Å²) >= 11 is 0. The maximum atomic E-state index is 12.9. The van der Waals surface area contributed by atoms with Gasteiger partial charge in [0.15, 0.2) is 9.84 Å². The van der Waals surface area contributed by atoms with Crippen LogP contribution in [0.3, 0.4) is 0 Å². The zero-order valence-electron chi connectivity index (χ0n) is 15.1. The molecule has 0 fully saturated rings. The Balaban J connectivity index is 1.98. The summed E-state index contributed by atoms with van der Waals surface area (Å²) in [5, 5.41) is 0.960. The lowest BCUT2D eigenvalue weighted by atomic mass is 9.87. The van der Waals surface area contributed by atoms with Crippen molar-refractivity contribution in [3.05, 3.63) is 71.4 Å². The van der Waals surface area contributed by atoms with Crippen LogP contribution in [0.2, 0.25) is 0 Å². The molecule has 0 amide bonds. The predicted octanol–water partition coefficient (Wildman–Crippen LogP) is 4.81. The van der Waals surface area contributed by atoms with Crippen LogP contribution in [0.5, 0.6) is 0 Å². The van der Waals surface area contributed by atoms with Crippen molar-refractivity contribution in [3.8, 4) is 0 Å². The minimum atomic E-state index is -3.42. The van der Waals surface area contributed by atoms with Gasteiger partial charge in [-0.1, -0.05) is 57.2 Å². The Hall–Kier alpha value is -2.20. The SMILES string of the molecule is Cc1ccc2cccc(CS(=O)(=O)c3ccc(C(C)(C)C)cc3)c2n1. The number of nitrogens with zero attached hydrogens (tertiary/aromatic N) is 1. The molecule has 25 heavy (non-hydrogen) atoms. The normalized spacial score (nSPS) is 12.5. The Morgan fingerprint density at radius 2 is 1.60 bits per heavy atom. The molecule has 0 atom stereocenters. The highest BCUT2D eigenvalue weighted by molar-refractivity contribution is 7.90. The molecule has 130 valence electrons. The number of pyridine rings is 1. The van der Waals surface area contributed by atoms with Gasteiger partial charge in [0, 0.05) is 11.1 Å². The smallest absolute Gasteiger partial charge is 0.182 e. The summed E-state index contributed by atoms with van der Waals surface area (Å²) in [6, 6.07) is 16.8. The number of sulfone groups is 1. The highest BCUT2D eigenvalue weighted by atomic mass is 32.2. The highest BCUT2D eigenvalue weighted by Gasteiger charge is 2.19. The minimum absolute atomic E-state index is 0.000624. The molecule has 3 rings (SSSR count). The molecule has 0 radical (unpaired) electrons. The molecule has 0 aliphatic carbocycles. The second-order valence-corrected chi connectivity index (χ2v) is 9.46. The molecular formula is C21H23NO2S. The summed E-state index contributed by atoms with van der Waals surface area (Å²) in [6.45, 7) is 8.25. The van der Waals surface area contributed by atoms with Crippen LogP contribution in [0.4, 0.5) is 0 Å². The van der Waals surface area contributed by atoms with Gasteiger partial charge in [0.25, 0.3) is 0 Å². The summed E-state index contributed by atoms with van der Waals surface area (Å²) in [6.07, 6.45) is 0. The van der Waals surface area contributed by atoms with Gasteiger partial charge in [-0.15, -0.1) is 0 Å². The molecule has 2 aromatic carbocycles. The van der Waals surface area contributed by atoms with Crippen LogP contribution in [0.25, 0.3) is 10.9 Å². The second kappa shape index (κ2) is 6.26. The topological polar surface area (TPSA) is 47.0 Å². The molecule has 0 bridgehead atoms. The van der Waals surface area contributed by atoms with Crippen LogP contribution in [0, 0.1) is 6.92 Å². The maximum absolute atomic E-state index is 12.9. The van der Waals surface area contributed by atoms with E-state index in [9.17, 15) is 8.42 Å². The Kier molecular flexibility index (Phi) is 4.41. The van der Waals surface area contributed by atoms with E-state index in [1.165, 1.54) is 0 Å². The van der Waals surface area contributed by atoms with E-state index >= 15 is 0 Å². The van der Waals surface area contributed by atoms with Crippen molar-refractivity contribution >= 4 is 20.7 Å². The molecule has 0 saturated heterocycles. The zero-order valence-corrected chi connectivity index (χ0v) is 15.9. The van der Waals surface area contributed by atoms with Gasteiger partial charge in [-0.25, -0.2) is 8.42 Å². The number of rotatable bonds is 3. The fourth-order valence-electron chi connectivity index (χ4n) is 2.87. The summed E-state index contributed by atoms with van der Waals surface area (Å²) in [7, 11) is -3.42. The predicted molar refractivity (Wildman–Crippen MR) is 103 cm³/mol. The molecule has 1 aromatic heterocycles. The molecule has 0 N–H and O–H groups in total. The lowest BCUT2D eigenvalue weighted by molar-refractivity contribution is 0.586. The largest absolute Gasteiger partial charge is 0.253 e. The van der Waals surface area contributed by atoms with Crippen LogP contribution < -0.4 is 0 Å². The minimum Gasteiger partial charge on any atom is -0.253 e. The van der Waals surface area contributed by atoms with Gasteiger partial charge in [-0.3, -0.25) is 4.98 Å². The van der Waals surface area contributed by atoms with Crippen molar-refractivity contribution in [2.45, 2.75) is 43.8 Å². The quantitative estimate of drug-likeness (QED) is 0.678. The van der Waals surface area contributed by atoms with Gasteiger partial charge in [0.2, 0.25) is 0 Å². The summed E-state index contributed by atoms with van der Waals surface area (Å²) in [5.74, 6) is -0.0460. The first kappa shape index (κ1) is 17.6. The molecule has 3 nitrogen and oxygen atoms in total. The molecule has 0 unspecified atom stereocenters. The monoisotopic (exact) mass is 353 g/mol. The number of hydrogen-bond donors (Lipinski definition) is 0. The molecule has 0 spiro atoms. The second-order valence-electron chi connectivity index (χ2n) is 7.47. The van der Waals surface area contributed by atoms with Crippen LogP contribution in [-0.2, 0) is 21.0 Å². The van der Waals surface area contributed by atoms with Gasteiger partial charge >= 0.3 is 0 Å². The van der Waals surface area contributed by atoms with Gasteiger partial charge in [-0.2, -0.15) is 0 Å². The van der Waals surface area contributed by atoms with E-state index in [1.807, 2.05) is 49.4 Å². The number of aryl methyl sites for hydroxylation is 1. The summed E-state index contributed by atoms with van der Waals surface area (Å²) in [4.78, 5) is 4.89. The molecule has 0 aliphatic heterocycles. The fraction of sp³-hybridized carbons (Fsp3) is 0.286. The average molecular weight is 353 g/mol. The van der Waals surface area contributed by atoms with Crippen LogP contribution in [0.1, 0.15) is 37.6 Å². The maximum Gasteiger partial charge on any atom is 0.182 e. The lowest BCUT2D eigenvalue weighted by Gasteiger charge is -2.19. The highest BCUT2D eigenvalue weighted by Crippen LogP contribution is 2.26. The van der Waals surface area contributed by atoms with Crippen molar-refractivity contribution in [2.75, 3.05) is 0 Å². The van der Waals surface area contributed by atoms with E-state index in [0.29, 0.717) is 4.90 Å². The summed E-state index contributed by atoms with van der Waals surface area (Å²) < 4.78 is 25.7. The van der Waals surface area contributed by atoms with Gasteiger partial charge in [-0.05, 0) is 41.7 Å². The third kappa shape index (κ3) is 3.74. The Labute approximate surface area is 149 Å². The molecule has 4 heteroatoms. The Bertz CT molecular complexity index is 1010. The van der Waals surface area contributed by atoms with Gasteiger partial charge < -0.3 is 0 Å². The molecule has 3 aromatic rings. The van der Waals surface area contributed by atoms with Crippen molar-refractivity contribution in [1.29, 1.82) is 0 Å². The molecule has 0 saturated carbocycles. The van der Waals surface area contributed by atoms with Crippen molar-refractivity contribution in [1.82, 2.24) is 4.98 Å². The first-order valence-electron chi connectivity index (χ1n) is 8.35. The van der Waals surface area contributed by atoms with Crippen molar-refractivity contribution < 1.29 is 8.42 Å². The van der Waals surface area contributed by atoms with E-state index in [1.54, 1.807) is 12.1 Å². The van der Waals surface area contributed by atoms with Crippen LogP contribution >= 0.6 is 0 Å². The number of aromatic nitrogens is 1. The Morgan fingerprint density at radius 3 is 2.24 bits per heavy atom. The number of fused-ring (bicyclic) bond motifs is 1. The fourth-order valence-corrected chi connectivity index (χ4v) is 4.23. The molecule has 1 heterocycles. The van der Waals surface area contributed by atoms with E-state index in [0.717, 1.165) is 27.7 Å². The Morgan fingerprint density at radius 1 is 0.920 bits per heavy atom. The van der Waals surface area contributed by atoms with Crippen LogP contribution in [0.15, 0.2) is 59.5 Å². The zero-order chi connectivity index (χ0) is 18.2. The van der Waals surface area contributed by atoms with E-state index in [4.69, 9.17) is 0 Å². The summed E-state index contributed by atoms with van der Waals surface area (Å²) in [5.41, 5.74) is 3.50. The number of para-hydroxylation sites is 1. The lowest BCUT2D eigenvalue weighted by Crippen LogP contribution is -2.12. The first-order chi connectivity index (χ1) is 11.7. The van der Waals surface area contributed by atoms with Crippen molar-refractivity contribution in [3.63, 3.8) is 0 Å². The van der Waals surface area contributed by atoms with E-state index in [2.05, 4.69) is 25.8 Å². The third-order valence-corrected chi connectivity index (χ3v) is 6.05. The van der Waals surface area contributed by atoms with Gasteiger partial charge in [0.05, 0.1) is 16.2 Å². The molecule has 0 aliphatic rings. The third-order valence-electron chi connectivity index (χ3n) is 4.37. The van der Waals surface area contributed by atoms with Crippen molar-refractivity contribution in [2.24, 2.45) is 0 Å². The van der Waals surface area contributed by atoms with Crippen LogP contribution in [-0.4, -0.2) is 13.4 Å². The van der Waals surface area contributed by atoms with E-state index in [-0.39, 0.29) is 11.2 Å².